The van der Waals surface area contributed by atoms with Gasteiger partial charge >= 0.3 is 50.5 Å². The quantitative estimate of drug-likeness (QED) is 0.212. The third-order valence-corrected chi connectivity index (χ3v) is 7.43. The molecule has 2 aromatic rings. The Balaban J connectivity index is 0. The number of nitrogens with two attached hydrogens (primary N) is 1. The van der Waals surface area contributed by atoms with Gasteiger partial charge in [-0.3, -0.25) is 4.99 Å². The van der Waals surface area contributed by atoms with E-state index >= 15 is 0 Å². The topological polar surface area (TPSA) is 76.5 Å². The molecule has 1 aliphatic rings. The van der Waals surface area contributed by atoms with Crippen molar-refractivity contribution in [3.63, 3.8) is 0 Å². The molecule has 2 atom stereocenters. The zero-order chi connectivity index (χ0) is 22.9. The molecule has 0 saturated carbocycles. The van der Waals surface area contributed by atoms with E-state index in [2.05, 4.69) is 74.6 Å². The molecule has 0 bridgehead atoms. The first-order chi connectivity index (χ1) is 14.4. The summed E-state index contributed by atoms with van der Waals surface area (Å²) in [5, 5.41) is 3.38. The molecule has 2 unspecified atom stereocenters. The van der Waals surface area contributed by atoms with Crippen LogP contribution >= 0.6 is 119 Å². The van der Waals surface area contributed by atoms with Crippen molar-refractivity contribution in [3.8, 4) is 0 Å². The molecule has 0 amide bonds. The molecule has 3 rings (SSSR count). The van der Waals surface area contributed by atoms with Gasteiger partial charge in [-0.1, -0.05) is 23.2 Å². The SMILES string of the molecule is CN=C1CC(c2cnc(Cl)s2)CS1.CN=C=S.I[I-]I.NC(CCl)c1cnc(Cl)s1.[V]. The van der Waals surface area contributed by atoms with Crippen LogP contribution in [0.15, 0.2) is 22.4 Å². The van der Waals surface area contributed by atoms with Gasteiger partial charge in [-0.15, -0.1) is 46.0 Å². The van der Waals surface area contributed by atoms with Crippen LogP contribution in [-0.2, 0) is 18.6 Å². The zero-order valence-electron chi connectivity index (χ0n) is 16.1. The minimum atomic E-state index is -0.133. The summed E-state index contributed by atoms with van der Waals surface area (Å²) < 4.78 is 1.15. The van der Waals surface area contributed by atoms with Crippen molar-refractivity contribution in [3.05, 3.63) is 31.1 Å². The first-order valence-electron chi connectivity index (χ1n) is 7.82. The number of isothiocyanates is 1. The molecule has 2 aromatic heterocycles. The van der Waals surface area contributed by atoms with Crippen LogP contribution in [-0.4, -0.2) is 45.9 Å². The summed E-state index contributed by atoms with van der Waals surface area (Å²) >= 11 is 31.1. The van der Waals surface area contributed by atoms with E-state index in [1.807, 2.05) is 25.0 Å². The third kappa shape index (κ3) is 16.9. The van der Waals surface area contributed by atoms with E-state index in [1.165, 1.54) is 21.3 Å². The molecule has 1 aliphatic heterocycles. The van der Waals surface area contributed by atoms with E-state index in [0.717, 1.165) is 17.1 Å². The number of thioether (sulfide) groups is 1. The maximum Gasteiger partial charge on any atom is 0.183 e. The predicted octanol–water partition coefficient (Wildman–Crippen LogP) is 4.57. The van der Waals surface area contributed by atoms with Crippen LogP contribution in [0.1, 0.15) is 28.1 Å². The Morgan fingerprint density at radius 3 is 2.19 bits per heavy atom. The van der Waals surface area contributed by atoms with E-state index in [9.17, 15) is 0 Å². The van der Waals surface area contributed by atoms with Gasteiger partial charge < -0.3 is 5.73 Å². The average molecular weight is 935 g/mol. The minimum absolute atomic E-state index is 0. The molecular formula is C15H18Cl3I3N5S4V-. The summed E-state index contributed by atoms with van der Waals surface area (Å²) in [5.74, 6) is 2.10. The van der Waals surface area contributed by atoms with Crippen LogP contribution in [0.2, 0.25) is 8.93 Å². The Labute approximate surface area is 257 Å². The number of rotatable bonds is 3. The molecular weight excluding hydrogens is 916 g/mol. The molecule has 5 nitrogen and oxygen atoms in total. The van der Waals surface area contributed by atoms with Crippen molar-refractivity contribution in [2.75, 3.05) is 25.7 Å². The number of hydrogen-bond acceptors (Lipinski definition) is 9. The van der Waals surface area contributed by atoms with Crippen molar-refractivity contribution in [1.82, 2.24) is 9.97 Å². The number of hydrogen-bond donors (Lipinski definition) is 1. The van der Waals surface area contributed by atoms with E-state index < -0.39 is 0 Å². The van der Waals surface area contributed by atoms with Crippen molar-refractivity contribution in [2.45, 2.75) is 18.4 Å². The second-order valence-corrected chi connectivity index (χ2v) is 26.1. The fraction of sp³-hybridized carbons (Fsp3) is 0.467. The van der Waals surface area contributed by atoms with Gasteiger partial charge in [0.15, 0.2) is 8.93 Å². The molecule has 31 heavy (non-hydrogen) atoms. The summed E-state index contributed by atoms with van der Waals surface area (Å²) in [6, 6.07) is -0.133. The van der Waals surface area contributed by atoms with Gasteiger partial charge in [-0.05, 0) is 12.2 Å². The molecule has 16 heteroatoms. The zero-order valence-corrected chi connectivity index (χ0v) is 29.5. The van der Waals surface area contributed by atoms with E-state index in [1.54, 1.807) is 24.6 Å². The first kappa shape index (κ1) is 35.8. The number of nitrogens with zero attached hydrogens (tertiary/aromatic N) is 4. The Morgan fingerprint density at radius 1 is 1.29 bits per heavy atom. The summed E-state index contributed by atoms with van der Waals surface area (Å²) in [6.07, 6.45) is 4.59. The Kier molecular flexibility index (Phi) is 26.7. The van der Waals surface area contributed by atoms with E-state index in [-0.39, 0.29) is 24.6 Å². The summed E-state index contributed by atoms with van der Waals surface area (Å²) in [5.41, 5.74) is 5.59. The van der Waals surface area contributed by atoms with Crippen molar-refractivity contribution in [2.24, 2.45) is 15.7 Å². The van der Waals surface area contributed by atoms with Gasteiger partial charge in [0.2, 0.25) is 0 Å². The van der Waals surface area contributed by atoms with E-state index in [0.29, 0.717) is 34.0 Å². The van der Waals surface area contributed by atoms with Gasteiger partial charge in [-0.25, -0.2) is 15.0 Å². The number of aromatic nitrogens is 2. The van der Waals surface area contributed by atoms with Gasteiger partial charge in [0, 0.05) is 78.8 Å². The van der Waals surface area contributed by atoms with Crippen LogP contribution in [0.4, 0.5) is 0 Å². The van der Waals surface area contributed by atoms with Crippen LogP contribution in [0.25, 0.3) is 0 Å². The van der Waals surface area contributed by atoms with Gasteiger partial charge in [0.25, 0.3) is 0 Å². The third-order valence-electron chi connectivity index (χ3n) is 3.14. The van der Waals surface area contributed by atoms with Crippen LogP contribution in [0.3, 0.4) is 0 Å². The fourth-order valence-electron chi connectivity index (χ4n) is 1.83. The molecule has 175 valence electrons. The molecule has 1 saturated heterocycles. The number of thiocarbonyl (C=S) groups is 1. The van der Waals surface area contributed by atoms with E-state index in [4.69, 9.17) is 40.5 Å². The molecule has 0 aromatic carbocycles. The Morgan fingerprint density at radius 2 is 1.84 bits per heavy atom. The van der Waals surface area contributed by atoms with Gasteiger partial charge in [-0.2, -0.15) is 0 Å². The molecule has 0 spiro atoms. The number of thiazole rings is 2. The number of aliphatic imine (C=N–C) groups is 2. The molecule has 1 radical (unpaired) electrons. The maximum atomic E-state index is 5.78. The van der Waals surface area contributed by atoms with Gasteiger partial charge in [0.05, 0.1) is 16.2 Å². The smallest absolute Gasteiger partial charge is 0.183 e. The first-order valence-corrected chi connectivity index (χ1v) is 24.7. The summed E-state index contributed by atoms with van der Waals surface area (Å²) in [4.78, 5) is 17.6. The summed E-state index contributed by atoms with van der Waals surface area (Å²) in [7, 11) is 3.44. The standard InChI is InChI=1S/C8H9ClN2S2.C5H6Cl2N2S.C2H3NS.I3.V/c1-10-7-2-5(4-12-7)6-3-11-8(9)13-6;6-1-3(8)4-2-9-5(7)10-4;1-3-2-4;1-3-2;/h3,5H,2,4H2,1H3;2-3H,1,8H2;1H3;;/q;;;-1;. The second-order valence-electron chi connectivity index (χ2n) is 4.99. The second kappa shape index (κ2) is 23.1. The van der Waals surface area contributed by atoms with Gasteiger partial charge in [0.1, 0.15) is 0 Å². The number of halogens is 6. The Hall–Kier alpha value is 2.68. The van der Waals surface area contributed by atoms with Crippen LogP contribution in [0.5, 0.6) is 0 Å². The number of alkyl halides is 1. The molecule has 3 heterocycles. The van der Waals surface area contributed by atoms with Crippen molar-refractivity contribution < 1.29 is 31.8 Å². The minimum Gasteiger partial charge on any atom is -0.322 e. The maximum absolute atomic E-state index is 5.78. The fourth-order valence-corrected chi connectivity index (χ4v) is 5.34. The van der Waals surface area contributed by atoms with Crippen LogP contribution in [0, 0.1) is 0 Å². The average Bonchev–Trinajstić information content (AvgIpc) is 3.49. The largest absolute Gasteiger partial charge is 0.322 e. The molecule has 2 N–H and O–H groups in total. The van der Waals surface area contributed by atoms with Crippen molar-refractivity contribution >= 4 is 129 Å². The Bertz CT molecular complexity index is 808. The molecule has 1 fully saturated rings. The normalized spacial score (nSPS) is 16.4. The monoisotopic (exact) mass is 933 g/mol. The van der Waals surface area contributed by atoms with Crippen LogP contribution < -0.4 is 19.0 Å². The predicted molar refractivity (Wildman–Crippen MR) is 154 cm³/mol. The summed E-state index contributed by atoms with van der Waals surface area (Å²) in [6.45, 7) is 0. The molecule has 0 aliphatic carbocycles. The van der Waals surface area contributed by atoms with Crippen molar-refractivity contribution in [1.29, 1.82) is 0 Å².